The van der Waals surface area contributed by atoms with Gasteiger partial charge in [0.2, 0.25) is 0 Å². The smallest absolute Gasteiger partial charge is 0.294 e. The Kier molecular flexibility index (Phi) is 5.97. The van der Waals surface area contributed by atoms with E-state index in [0.717, 1.165) is 17.0 Å². The average molecular weight is 480 g/mol. The maximum absolute atomic E-state index is 12.9. The summed E-state index contributed by atoms with van der Waals surface area (Å²) in [6, 6.07) is 9.55. The van der Waals surface area contributed by atoms with Gasteiger partial charge in [0.25, 0.3) is 17.0 Å². The first kappa shape index (κ1) is 23.9. The number of benzene rings is 1. The quantitative estimate of drug-likeness (QED) is 0.520. The summed E-state index contributed by atoms with van der Waals surface area (Å²) in [6.07, 6.45) is 1.59. The van der Waals surface area contributed by atoms with E-state index < -0.39 is 5.91 Å². The lowest BCUT2D eigenvalue weighted by molar-refractivity contribution is -0.121. The summed E-state index contributed by atoms with van der Waals surface area (Å²) in [7, 11) is 0. The summed E-state index contributed by atoms with van der Waals surface area (Å²) >= 11 is 4.89. The van der Waals surface area contributed by atoms with E-state index in [9.17, 15) is 9.59 Å². The van der Waals surface area contributed by atoms with Gasteiger partial charge in [-0.1, -0.05) is 47.6 Å². The highest BCUT2D eigenvalue weighted by Gasteiger charge is 2.29. The molecular weight excluding hydrogens is 450 g/mol. The topological polar surface area (TPSA) is 80.8 Å². The van der Waals surface area contributed by atoms with E-state index in [1.54, 1.807) is 23.1 Å². The van der Waals surface area contributed by atoms with Gasteiger partial charge in [0.15, 0.2) is 12.4 Å². The molecule has 0 saturated carbocycles. The third kappa shape index (κ3) is 4.97. The second-order valence-corrected chi connectivity index (χ2v) is 11.0. The third-order valence-corrected chi connectivity index (χ3v) is 5.81. The number of ether oxygens (including phenoxy) is 2. The Morgan fingerprint density at radius 3 is 2.26 bits per heavy atom. The van der Waals surface area contributed by atoms with Gasteiger partial charge in [-0.3, -0.25) is 19.9 Å². The molecule has 2 aliphatic heterocycles. The van der Waals surface area contributed by atoms with Crippen LogP contribution in [0.2, 0.25) is 0 Å². The average Bonchev–Trinajstić information content (AvgIpc) is 3.05. The summed E-state index contributed by atoms with van der Waals surface area (Å²) < 4.78 is 10.9. The molecular formula is C26H29N3O4S. The minimum Gasteiger partial charge on any atom is -0.482 e. The van der Waals surface area contributed by atoms with Crippen molar-refractivity contribution in [3.05, 3.63) is 58.6 Å². The Bertz CT molecular complexity index is 1190. The number of amides is 2. The standard InChI is InChI=1S/C26H29N3O4S/c1-25(2,3)20-11-16(12-21(27-20)26(4,5)6)13-29-17-9-15(7-8-18(17)32-14-22(29)30)10-19-23(31)28-24(34)33-19/h7-12H,13-14H2,1-6H3,(H,28,31,34)/b19-10+. The number of carbonyl (C=O) groups is 2. The first-order valence-electron chi connectivity index (χ1n) is 11.2. The summed E-state index contributed by atoms with van der Waals surface area (Å²) in [5, 5.41) is 2.46. The molecule has 0 spiro atoms. The molecule has 4 rings (SSSR count). The highest BCUT2D eigenvalue weighted by molar-refractivity contribution is 7.80. The number of pyridine rings is 1. The third-order valence-electron chi connectivity index (χ3n) is 5.63. The van der Waals surface area contributed by atoms with Crippen LogP contribution in [0.4, 0.5) is 5.69 Å². The molecule has 0 unspecified atom stereocenters. The van der Waals surface area contributed by atoms with Gasteiger partial charge in [-0.25, -0.2) is 0 Å². The molecule has 7 nitrogen and oxygen atoms in total. The fraction of sp³-hybridized carbons (Fsp3) is 0.385. The van der Waals surface area contributed by atoms with E-state index >= 15 is 0 Å². The molecule has 1 saturated heterocycles. The number of fused-ring (bicyclic) bond motifs is 1. The zero-order valence-electron chi connectivity index (χ0n) is 20.3. The van der Waals surface area contributed by atoms with E-state index in [4.69, 9.17) is 26.7 Å². The fourth-order valence-electron chi connectivity index (χ4n) is 3.68. The van der Waals surface area contributed by atoms with Gasteiger partial charge in [0, 0.05) is 22.2 Å². The minimum absolute atomic E-state index is 0.0244. The zero-order chi connectivity index (χ0) is 24.8. The summed E-state index contributed by atoms with van der Waals surface area (Å²) in [5.41, 5.74) is 4.02. The fourth-order valence-corrected chi connectivity index (χ4v) is 3.87. The first-order valence-corrected chi connectivity index (χ1v) is 11.6. The van der Waals surface area contributed by atoms with Crippen LogP contribution in [0.3, 0.4) is 0 Å². The Balaban J connectivity index is 1.73. The van der Waals surface area contributed by atoms with Crippen molar-refractivity contribution in [2.24, 2.45) is 0 Å². The molecule has 2 amide bonds. The maximum atomic E-state index is 12.9. The van der Waals surface area contributed by atoms with Gasteiger partial charge in [-0.15, -0.1) is 0 Å². The van der Waals surface area contributed by atoms with Crippen LogP contribution in [-0.4, -0.2) is 28.6 Å². The Labute approximate surface area is 205 Å². The molecule has 1 aromatic heterocycles. The Hall–Kier alpha value is -3.26. The monoisotopic (exact) mass is 479 g/mol. The number of nitrogens with zero attached hydrogens (tertiary/aromatic N) is 2. The van der Waals surface area contributed by atoms with E-state index in [0.29, 0.717) is 23.5 Å². The number of thiocarbonyl (C=S) groups is 1. The van der Waals surface area contributed by atoms with Crippen LogP contribution < -0.4 is 15.0 Å². The molecule has 3 heterocycles. The van der Waals surface area contributed by atoms with Crippen LogP contribution in [-0.2, 0) is 31.7 Å². The van der Waals surface area contributed by atoms with Crippen molar-refractivity contribution >= 4 is 41.0 Å². The lowest BCUT2D eigenvalue weighted by Crippen LogP contribution is -2.38. The number of aromatic nitrogens is 1. The SMILES string of the molecule is CC(C)(C)c1cc(CN2C(=O)COc3ccc(/C=C4/OC(=S)NC4=O)cc32)cc(C(C)(C)C)n1. The van der Waals surface area contributed by atoms with Crippen LogP contribution in [0.5, 0.6) is 5.75 Å². The predicted octanol–water partition coefficient (Wildman–Crippen LogP) is 4.37. The van der Waals surface area contributed by atoms with Crippen molar-refractivity contribution < 1.29 is 19.1 Å². The minimum atomic E-state index is -0.395. The van der Waals surface area contributed by atoms with Crippen LogP contribution in [0.25, 0.3) is 6.08 Å². The van der Waals surface area contributed by atoms with Gasteiger partial charge in [0.05, 0.1) is 12.2 Å². The number of anilines is 1. The molecule has 1 aromatic carbocycles. The molecule has 0 bridgehead atoms. The Morgan fingerprint density at radius 2 is 1.71 bits per heavy atom. The van der Waals surface area contributed by atoms with E-state index in [2.05, 4.69) is 59.0 Å². The first-order chi connectivity index (χ1) is 15.8. The highest BCUT2D eigenvalue weighted by atomic mass is 32.1. The lowest BCUT2D eigenvalue weighted by Gasteiger charge is -2.31. The number of carbonyl (C=O) groups excluding carboxylic acids is 2. The van der Waals surface area contributed by atoms with Crippen LogP contribution in [0, 0.1) is 0 Å². The van der Waals surface area contributed by atoms with Crippen molar-refractivity contribution in [3.8, 4) is 5.75 Å². The molecule has 1 N–H and O–H groups in total. The Morgan fingerprint density at radius 1 is 1.06 bits per heavy atom. The molecule has 1 fully saturated rings. The largest absolute Gasteiger partial charge is 0.482 e. The van der Waals surface area contributed by atoms with E-state index in [1.807, 2.05) is 6.07 Å². The summed E-state index contributed by atoms with van der Waals surface area (Å²) in [6.45, 7) is 13.1. The van der Waals surface area contributed by atoms with Crippen LogP contribution in [0.1, 0.15) is 64.1 Å². The number of rotatable bonds is 3. The molecule has 8 heteroatoms. The van der Waals surface area contributed by atoms with Gasteiger partial charge < -0.3 is 14.4 Å². The molecule has 0 radical (unpaired) electrons. The summed E-state index contributed by atoms with van der Waals surface area (Å²) in [4.78, 5) is 31.6. The summed E-state index contributed by atoms with van der Waals surface area (Å²) in [5.74, 6) is 0.182. The van der Waals surface area contributed by atoms with Crippen molar-refractivity contribution in [2.75, 3.05) is 11.5 Å². The van der Waals surface area contributed by atoms with Crippen molar-refractivity contribution in [1.82, 2.24) is 10.3 Å². The molecule has 34 heavy (non-hydrogen) atoms. The molecule has 2 aromatic rings. The number of hydrogen-bond donors (Lipinski definition) is 1. The van der Waals surface area contributed by atoms with Gasteiger partial charge in [-0.2, -0.15) is 0 Å². The van der Waals surface area contributed by atoms with Crippen molar-refractivity contribution in [2.45, 2.75) is 58.9 Å². The van der Waals surface area contributed by atoms with Crippen molar-refractivity contribution in [1.29, 1.82) is 0 Å². The molecule has 0 atom stereocenters. The highest BCUT2D eigenvalue weighted by Crippen LogP contribution is 2.36. The zero-order valence-corrected chi connectivity index (χ0v) is 21.1. The molecule has 178 valence electrons. The molecule has 0 aliphatic carbocycles. The second kappa shape index (κ2) is 8.51. The van der Waals surface area contributed by atoms with Gasteiger partial charge >= 0.3 is 0 Å². The van der Waals surface area contributed by atoms with E-state index in [-0.39, 0.29) is 34.3 Å². The number of nitrogens with one attached hydrogen (secondary N) is 1. The van der Waals surface area contributed by atoms with Crippen LogP contribution in [0.15, 0.2) is 36.1 Å². The second-order valence-electron chi connectivity index (χ2n) is 10.6. The van der Waals surface area contributed by atoms with Crippen molar-refractivity contribution in [3.63, 3.8) is 0 Å². The number of hydrogen-bond acceptors (Lipinski definition) is 6. The van der Waals surface area contributed by atoms with Gasteiger partial charge in [-0.05, 0) is 53.7 Å². The maximum Gasteiger partial charge on any atom is 0.294 e. The van der Waals surface area contributed by atoms with E-state index in [1.165, 1.54) is 0 Å². The lowest BCUT2D eigenvalue weighted by atomic mass is 9.86. The predicted molar refractivity (Wildman–Crippen MR) is 135 cm³/mol. The van der Waals surface area contributed by atoms with Crippen LogP contribution >= 0.6 is 12.2 Å². The van der Waals surface area contributed by atoms with Gasteiger partial charge in [0.1, 0.15) is 5.75 Å². The molecule has 2 aliphatic rings. The normalized spacial score (nSPS) is 17.4.